The molecule has 0 bridgehead atoms. The molecule has 0 spiro atoms. The average molecular weight is 695 g/mol. The molecule has 0 aliphatic heterocycles. The van der Waals surface area contributed by atoms with Crippen LogP contribution in [0.2, 0.25) is 0 Å². The van der Waals surface area contributed by atoms with Crippen LogP contribution in [-0.4, -0.2) is 24.6 Å². The van der Waals surface area contributed by atoms with Crippen LogP contribution < -0.4 is 0 Å². The molecule has 0 fully saturated rings. The van der Waals surface area contributed by atoms with Gasteiger partial charge in [-0.05, 0) is 0 Å². The van der Waals surface area contributed by atoms with Gasteiger partial charge in [-0.15, -0.1) is 0 Å². The summed E-state index contributed by atoms with van der Waals surface area (Å²) >= 11 is 0. The van der Waals surface area contributed by atoms with Crippen LogP contribution in [0.1, 0.15) is 278 Å². The van der Waals surface area contributed by atoms with Crippen LogP contribution in [0, 0.1) is 0 Å². The number of hydrogen-bond acceptors (Lipinski definition) is 0. The van der Waals surface area contributed by atoms with E-state index in [1.54, 1.807) is 56.8 Å². The second-order valence-corrected chi connectivity index (χ2v) is 21.9. The Morgan fingerprint density at radius 3 is 0.438 bits per heavy atom. The van der Waals surface area contributed by atoms with Crippen LogP contribution in [0.3, 0.4) is 0 Å². The van der Waals surface area contributed by atoms with Gasteiger partial charge in [0, 0.05) is 0 Å². The fraction of sp³-hybridized carbons (Fsp3) is 1.00. The molecule has 1 heteroatoms. The quantitative estimate of drug-likeness (QED) is 0.0440. The first-order valence-corrected chi connectivity index (χ1v) is 26.6. The molecule has 0 rings (SSSR count). The Morgan fingerprint density at radius 2 is 0.292 bits per heavy atom. The molecule has 0 radical (unpaired) electrons. The molecular weight excluding hydrogens is 595 g/mol. The minimum absolute atomic E-state index is 1.15. The average Bonchev–Trinajstić information content (AvgIpc) is 3.10. The van der Waals surface area contributed by atoms with E-state index in [0.29, 0.717) is 0 Å². The third kappa shape index (κ3) is 36.2. The van der Waals surface area contributed by atoms with Crippen molar-refractivity contribution < 1.29 is 0 Å². The van der Waals surface area contributed by atoms with E-state index in [4.69, 9.17) is 0 Å². The van der Waals surface area contributed by atoms with E-state index >= 15 is 0 Å². The molecule has 0 nitrogen and oxygen atoms in total. The number of hydrogen-bond donors (Lipinski definition) is 0. The molecule has 0 amide bonds. The first kappa shape index (κ1) is 48.4. The summed E-state index contributed by atoms with van der Waals surface area (Å²) in [5, 5.41) is 0. The molecule has 0 aromatic heterocycles. The Balaban J connectivity index is 4.83. The van der Waals surface area contributed by atoms with Crippen molar-refractivity contribution in [2.75, 3.05) is 24.6 Å². The van der Waals surface area contributed by atoms with Gasteiger partial charge < -0.3 is 0 Å². The van der Waals surface area contributed by atoms with Crippen LogP contribution in [-0.2, 0) is 0 Å². The normalized spacial score (nSPS) is 12.3. The maximum atomic E-state index is 2.34. The Morgan fingerprint density at radius 1 is 0.167 bits per heavy atom. The Hall–Kier alpha value is 0.430. The molecule has 0 aliphatic carbocycles. The van der Waals surface area contributed by atoms with Crippen LogP contribution in [0.4, 0.5) is 0 Å². The molecule has 0 aliphatic rings. The van der Waals surface area contributed by atoms with Crippen molar-refractivity contribution >= 4 is 7.26 Å². The summed E-state index contributed by atoms with van der Waals surface area (Å²) in [5.74, 6) is 0. The van der Waals surface area contributed by atoms with E-state index in [9.17, 15) is 0 Å². The first-order valence-electron chi connectivity index (χ1n) is 23.7. The fourth-order valence-electron chi connectivity index (χ4n) is 8.52. The van der Waals surface area contributed by atoms with Gasteiger partial charge in [0.1, 0.15) is 0 Å². The second-order valence-electron chi connectivity index (χ2n) is 16.9. The number of unbranched alkanes of at least 4 members (excludes halogenated alkanes) is 35. The monoisotopic (exact) mass is 695 g/mol. The first-order chi connectivity index (χ1) is 23.7. The van der Waals surface area contributed by atoms with Gasteiger partial charge in [0.25, 0.3) is 0 Å². The molecule has 0 N–H and O–H groups in total. The molecule has 0 saturated heterocycles. The Labute approximate surface area is 309 Å². The molecule has 0 aromatic rings. The zero-order valence-electron chi connectivity index (χ0n) is 34.9. The predicted molar refractivity (Wildman–Crippen MR) is 231 cm³/mol. The van der Waals surface area contributed by atoms with Crippen LogP contribution in [0.15, 0.2) is 0 Å². The van der Waals surface area contributed by atoms with Gasteiger partial charge in [0.05, 0.1) is 0 Å². The van der Waals surface area contributed by atoms with Gasteiger partial charge in [-0.25, -0.2) is 0 Å². The Kier molecular flexibility index (Phi) is 42.2. The van der Waals surface area contributed by atoms with Gasteiger partial charge in [-0.3, -0.25) is 0 Å². The maximum absolute atomic E-state index is 2.34. The summed E-state index contributed by atoms with van der Waals surface area (Å²) in [6, 6.07) is 0. The van der Waals surface area contributed by atoms with E-state index in [2.05, 4.69) is 27.7 Å². The van der Waals surface area contributed by atoms with Crippen molar-refractivity contribution in [1.29, 1.82) is 0 Å². The van der Waals surface area contributed by atoms with Crippen molar-refractivity contribution in [1.82, 2.24) is 0 Å². The van der Waals surface area contributed by atoms with Crippen molar-refractivity contribution in [3.05, 3.63) is 0 Å². The van der Waals surface area contributed by atoms with Gasteiger partial charge in [-0.2, -0.15) is 0 Å². The topological polar surface area (TPSA) is 0 Å². The van der Waals surface area contributed by atoms with E-state index < -0.39 is 7.26 Å². The van der Waals surface area contributed by atoms with Crippen molar-refractivity contribution in [2.45, 2.75) is 278 Å². The molecular formula is C47H99P. The number of rotatable bonds is 43. The van der Waals surface area contributed by atoms with Crippen LogP contribution in [0.5, 0.6) is 0 Å². The van der Waals surface area contributed by atoms with Crippen LogP contribution >= 0.6 is 7.26 Å². The molecule has 0 saturated carbocycles. The molecule has 0 atom stereocenters. The van der Waals surface area contributed by atoms with E-state index in [-0.39, 0.29) is 0 Å². The third-order valence-corrected chi connectivity index (χ3v) is 17.6. The predicted octanol–water partition coefficient (Wildman–Crippen LogP) is 18.0. The second kappa shape index (κ2) is 41.8. The molecule has 48 heavy (non-hydrogen) atoms. The summed E-state index contributed by atoms with van der Waals surface area (Å²) in [6.07, 6.45) is 65.0. The van der Waals surface area contributed by atoms with Gasteiger partial charge >= 0.3 is 297 Å². The molecule has 0 unspecified atom stereocenters. The Bertz CT molecular complexity index is 500. The van der Waals surface area contributed by atoms with Crippen molar-refractivity contribution in [3.63, 3.8) is 0 Å². The zero-order valence-corrected chi connectivity index (χ0v) is 35.9. The fourth-order valence-corrected chi connectivity index (χ4v) is 14.0. The third-order valence-electron chi connectivity index (χ3n) is 12.0. The SMILES string of the molecule is CCCCCCCCCCCCCC[PH](CCCCCCCCCCC)(CCCCCCCCCCC)CCCCCCCCCCC. The summed E-state index contributed by atoms with van der Waals surface area (Å²) in [7, 11) is -1.15. The minimum atomic E-state index is -1.15. The van der Waals surface area contributed by atoms with Crippen LogP contribution in [0.25, 0.3) is 0 Å². The molecule has 0 heterocycles. The summed E-state index contributed by atoms with van der Waals surface area (Å²) in [5.41, 5.74) is 0. The van der Waals surface area contributed by atoms with Crippen molar-refractivity contribution in [3.8, 4) is 0 Å². The molecule has 0 aromatic carbocycles. The van der Waals surface area contributed by atoms with Gasteiger partial charge in [-0.1, -0.05) is 13.3 Å². The summed E-state index contributed by atoms with van der Waals surface area (Å²) in [6.45, 7) is 9.36. The van der Waals surface area contributed by atoms with E-state index in [1.165, 1.54) is 218 Å². The van der Waals surface area contributed by atoms with E-state index in [1.807, 2.05) is 0 Å². The summed E-state index contributed by atoms with van der Waals surface area (Å²) in [4.78, 5) is 0. The van der Waals surface area contributed by atoms with Gasteiger partial charge in [0.15, 0.2) is 0 Å². The van der Waals surface area contributed by atoms with E-state index in [0.717, 1.165) is 0 Å². The van der Waals surface area contributed by atoms with Gasteiger partial charge in [0.2, 0.25) is 0 Å². The van der Waals surface area contributed by atoms with Crippen molar-refractivity contribution in [2.24, 2.45) is 0 Å². The summed E-state index contributed by atoms with van der Waals surface area (Å²) < 4.78 is 0. The molecule has 292 valence electrons. The zero-order chi connectivity index (χ0) is 34.9. The standard InChI is InChI=1S/C47H99P/c1-5-9-13-17-21-25-26-27-31-35-39-43-47-48(44-40-36-32-28-22-18-14-10-6-2,45-41-37-33-29-23-19-15-11-7-3)46-42-38-34-30-24-20-16-12-8-4/h48H,5-47H2,1-4H3.